The van der Waals surface area contributed by atoms with E-state index in [2.05, 4.69) is 33.7 Å². The highest BCUT2D eigenvalue weighted by Crippen LogP contribution is 2.20. The van der Waals surface area contributed by atoms with Crippen molar-refractivity contribution in [3.63, 3.8) is 0 Å². The van der Waals surface area contributed by atoms with Gasteiger partial charge in [0.2, 0.25) is 0 Å². The van der Waals surface area contributed by atoms with Gasteiger partial charge in [-0.25, -0.2) is 9.97 Å². The second-order valence-corrected chi connectivity index (χ2v) is 5.87. The summed E-state index contributed by atoms with van der Waals surface area (Å²) in [6, 6.07) is 8.04. The molecule has 25 heavy (non-hydrogen) atoms. The minimum atomic E-state index is 0.134. The number of ether oxygens (including phenoxy) is 1. The van der Waals surface area contributed by atoms with Gasteiger partial charge in [-0.05, 0) is 42.7 Å². The number of nitrogens with zero attached hydrogens (tertiary/aromatic N) is 2. The van der Waals surface area contributed by atoms with E-state index in [4.69, 9.17) is 4.74 Å². The summed E-state index contributed by atoms with van der Waals surface area (Å²) >= 11 is 0. The van der Waals surface area contributed by atoms with Crippen LogP contribution in [0, 0.1) is 6.92 Å². The van der Waals surface area contributed by atoms with Crippen molar-refractivity contribution in [2.24, 2.45) is 0 Å². The van der Waals surface area contributed by atoms with Crippen LogP contribution in [0.2, 0.25) is 0 Å². The van der Waals surface area contributed by atoms with Gasteiger partial charge in [-0.1, -0.05) is 24.8 Å². The molecule has 0 aliphatic heterocycles. The van der Waals surface area contributed by atoms with Gasteiger partial charge in [0, 0.05) is 18.2 Å². The second-order valence-electron chi connectivity index (χ2n) is 5.87. The molecule has 5 nitrogen and oxygen atoms in total. The van der Waals surface area contributed by atoms with Crippen LogP contribution in [0.4, 0.5) is 0 Å². The third kappa shape index (κ3) is 3.71. The summed E-state index contributed by atoms with van der Waals surface area (Å²) in [6.07, 6.45) is 6.33. The van der Waals surface area contributed by atoms with Crippen LogP contribution in [0.15, 0.2) is 49.2 Å². The number of pyridine rings is 1. The first-order valence-corrected chi connectivity index (χ1v) is 8.11. The van der Waals surface area contributed by atoms with Gasteiger partial charge in [0.1, 0.15) is 17.3 Å². The smallest absolute Gasteiger partial charge is 0.177 e. The first-order valence-electron chi connectivity index (χ1n) is 8.11. The van der Waals surface area contributed by atoms with Crippen molar-refractivity contribution < 1.29 is 9.84 Å². The molecule has 1 aromatic carbocycles. The highest BCUT2D eigenvalue weighted by Gasteiger charge is 2.08. The molecule has 2 heterocycles. The molecule has 2 aromatic heterocycles. The van der Waals surface area contributed by atoms with E-state index in [9.17, 15) is 5.11 Å². The quantitative estimate of drug-likeness (QED) is 0.524. The SMILES string of the molecule is C=C/C=C(\O)c1cnc2nc(CCc3ccc(OC)c(C)c3)[nH]c2c1. The standard InChI is InChI=1S/C20H21N3O2/c1-4-5-17(24)15-11-16-20(21-12-15)23-19(22-16)9-7-14-6-8-18(25-3)13(2)10-14/h4-6,8,10-12,24H,1,7,9H2,2-3H3,(H,21,22,23)/b17-5-. The van der Waals surface area contributed by atoms with Gasteiger partial charge < -0.3 is 14.8 Å². The Balaban J connectivity index is 1.77. The first kappa shape index (κ1) is 16.8. The molecule has 0 aliphatic carbocycles. The molecule has 0 saturated carbocycles. The highest BCUT2D eigenvalue weighted by atomic mass is 16.5. The van der Waals surface area contributed by atoms with E-state index in [0.29, 0.717) is 11.2 Å². The number of methoxy groups -OCH3 is 1. The third-order valence-electron chi connectivity index (χ3n) is 4.07. The molecular formula is C20H21N3O2. The number of rotatable bonds is 6. The van der Waals surface area contributed by atoms with Gasteiger partial charge in [0.15, 0.2) is 5.65 Å². The molecule has 0 radical (unpaired) electrons. The van der Waals surface area contributed by atoms with Gasteiger partial charge in [0.05, 0.1) is 12.6 Å². The Morgan fingerprint density at radius 1 is 1.32 bits per heavy atom. The zero-order chi connectivity index (χ0) is 17.8. The topological polar surface area (TPSA) is 71.0 Å². The van der Waals surface area contributed by atoms with Gasteiger partial charge in [-0.2, -0.15) is 0 Å². The summed E-state index contributed by atoms with van der Waals surface area (Å²) in [6.45, 7) is 5.62. The van der Waals surface area contributed by atoms with Crippen LogP contribution < -0.4 is 4.74 Å². The van der Waals surface area contributed by atoms with E-state index < -0.39 is 0 Å². The Labute approximate surface area is 146 Å². The predicted molar refractivity (Wildman–Crippen MR) is 99.8 cm³/mol. The van der Waals surface area contributed by atoms with E-state index in [1.165, 1.54) is 17.7 Å². The van der Waals surface area contributed by atoms with E-state index in [1.807, 2.05) is 19.1 Å². The second kappa shape index (κ2) is 7.21. The number of imidazole rings is 1. The molecule has 0 fully saturated rings. The molecule has 0 atom stereocenters. The number of aliphatic hydroxyl groups excluding tert-OH is 1. The zero-order valence-corrected chi connectivity index (χ0v) is 14.4. The average Bonchev–Trinajstić information content (AvgIpc) is 3.02. The molecule has 3 aromatic rings. The van der Waals surface area contributed by atoms with Crippen molar-refractivity contribution in [2.45, 2.75) is 19.8 Å². The van der Waals surface area contributed by atoms with Crippen molar-refractivity contribution >= 4 is 16.9 Å². The van der Waals surface area contributed by atoms with E-state index in [-0.39, 0.29) is 5.76 Å². The maximum atomic E-state index is 9.91. The molecule has 0 bridgehead atoms. The number of aryl methyl sites for hydroxylation is 3. The number of hydrogen-bond acceptors (Lipinski definition) is 4. The fourth-order valence-corrected chi connectivity index (χ4v) is 2.77. The summed E-state index contributed by atoms with van der Waals surface area (Å²) in [5.74, 6) is 1.91. The largest absolute Gasteiger partial charge is 0.507 e. The monoisotopic (exact) mass is 335 g/mol. The van der Waals surface area contributed by atoms with E-state index in [0.717, 1.165) is 35.5 Å². The summed E-state index contributed by atoms with van der Waals surface area (Å²) in [5.41, 5.74) is 4.45. The van der Waals surface area contributed by atoms with E-state index in [1.54, 1.807) is 13.3 Å². The molecular weight excluding hydrogens is 314 g/mol. The predicted octanol–water partition coefficient (Wildman–Crippen LogP) is 4.15. The van der Waals surface area contributed by atoms with Crippen molar-refractivity contribution in [1.29, 1.82) is 0 Å². The van der Waals surface area contributed by atoms with Crippen LogP contribution in [0.3, 0.4) is 0 Å². The Morgan fingerprint density at radius 3 is 2.88 bits per heavy atom. The lowest BCUT2D eigenvalue weighted by Crippen LogP contribution is -1.95. The van der Waals surface area contributed by atoms with Crippen LogP contribution in [-0.4, -0.2) is 27.2 Å². The number of aliphatic hydroxyl groups is 1. The van der Waals surface area contributed by atoms with E-state index >= 15 is 0 Å². The van der Waals surface area contributed by atoms with Gasteiger partial charge in [-0.15, -0.1) is 0 Å². The summed E-state index contributed by atoms with van der Waals surface area (Å²) in [5, 5.41) is 9.91. The van der Waals surface area contributed by atoms with Crippen molar-refractivity contribution in [1.82, 2.24) is 15.0 Å². The van der Waals surface area contributed by atoms with Crippen LogP contribution in [0.1, 0.15) is 22.5 Å². The minimum absolute atomic E-state index is 0.134. The van der Waals surface area contributed by atoms with Crippen molar-refractivity contribution in [3.8, 4) is 5.75 Å². The average molecular weight is 335 g/mol. The minimum Gasteiger partial charge on any atom is -0.507 e. The number of aromatic nitrogens is 3. The number of nitrogens with one attached hydrogen (secondary N) is 1. The van der Waals surface area contributed by atoms with Gasteiger partial charge >= 0.3 is 0 Å². The maximum Gasteiger partial charge on any atom is 0.177 e. The lowest BCUT2D eigenvalue weighted by molar-refractivity contribution is 0.411. The number of H-pyrrole nitrogens is 1. The van der Waals surface area contributed by atoms with Crippen molar-refractivity contribution in [2.75, 3.05) is 7.11 Å². The zero-order valence-electron chi connectivity index (χ0n) is 14.4. The first-order chi connectivity index (χ1) is 12.1. The van der Waals surface area contributed by atoms with Crippen LogP contribution in [0.5, 0.6) is 5.75 Å². The fraction of sp³-hybridized carbons (Fsp3) is 0.200. The lowest BCUT2D eigenvalue weighted by Gasteiger charge is -2.06. The van der Waals surface area contributed by atoms with Crippen molar-refractivity contribution in [3.05, 3.63) is 71.7 Å². The molecule has 5 heteroatoms. The third-order valence-corrected chi connectivity index (χ3v) is 4.07. The van der Waals surface area contributed by atoms with Crippen LogP contribution >= 0.6 is 0 Å². The molecule has 0 amide bonds. The van der Waals surface area contributed by atoms with Crippen LogP contribution in [0.25, 0.3) is 16.9 Å². The number of benzene rings is 1. The molecule has 0 spiro atoms. The van der Waals surface area contributed by atoms with Gasteiger partial charge in [-0.3, -0.25) is 0 Å². The molecule has 0 unspecified atom stereocenters. The number of hydrogen-bond donors (Lipinski definition) is 2. The molecule has 2 N–H and O–H groups in total. The highest BCUT2D eigenvalue weighted by molar-refractivity contribution is 5.75. The number of aromatic amines is 1. The molecule has 3 rings (SSSR count). The Hall–Kier alpha value is -3.08. The number of fused-ring (bicyclic) bond motifs is 1. The Kier molecular flexibility index (Phi) is 4.84. The number of allylic oxidation sites excluding steroid dienone is 2. The lowest BCUT2D eigenvalue weighted by atomic mass is 10.1. The molecule has 0 aliphatic rings. The Morgan fingerprint density at radius 2 is 2.16 bits per heavy atom. The van der Waals surface area contributed by atoms with Gasteiger partial charge in [0.25, 0.3) is 0 Å². The maximum absolute atomic E-state index is 9.91. The molecule has 0 saturated heterocycles. The summed E-state index contributed by atoms with van der Waals surface area (Å²) in [7, 11) is 1.68. The van der Waals surface area contributed by atoms with Crippen LogP contribution in [-0.2, 0) is 12.8 Å². The fourth-order valence-electron chi connectivity index (χ4n) is 2.77. The molecule has 128 valence electrons. The summed E-state index contributed by atoms with van der Waals surface area (Å²) < 4.78 is 5.29. The Bertz CT molecular complexity index is 941. The summed E-state index contributed by atoms with van der Waals surface area (Å²) in [4.78, 5) is 12.1. The normalized spacial score (nSPS) is 11.7.